The molecule has 2 saturated carbocycles. The Hall–Kier alpha value is -0.860. The summed E-state index contributed by atoms with van der Waals surface area (Å²) in [4.78, 5) is 26.3. The lowest BCUT2D eigenvalue weighted by Crippen LogP contribution is -2.58. The van der Waals surface area contributed by atoms with E-state index in [1.807, 2.05) is 13.8 Å². The van der Waals surface area contributed by atoms with E-state index in [4.69, 9.17) is 4.74 Å². The Labute approximate surface area is 198 Å². The second kappa shape index (κ2) is 11.3. The van der Waals surface area contributed by atoms with E-state index >= 15 is 0 Å². The quantitative estimate of drug-likeness (QED) is 0.387. The van der Waals surface area contributed by atoms with E-state index in [0.29, 0.717) is 49.4 Å². The molecule has 33 heavy (non-hydrogen) atoms. The van der Waals surface area contributed by atoms with Gasteiger partial charge in [0.1, 0.15) is 12.2 Å². The van der Waals surface area contributed by atoms with Gasteiger partial charge in [0.15, 0.2) is 11.6 Å². The predicted octanol–water partition coefficient (Wildman–Crippen LogP) is 2.51. The van der Waals surface area contributed by atoms with E-state index in [9.17, 15) is 30.0 Å². The maximum absolute atomic E-state index is 13.1. The lowest BCUT2D eigenvalue weighted by Gasteiger charge is -2.53. The highest BCUT2D eigenvalue weighted by Gasteiger charge is 2.54. The van der Waals surface area contributed by atoms with E-state index in [0.717, 1.165) is 12.8 Å². The van der Waals surface area contributed by atoms with Gasteiger partial charge >= 0.3 is 0 Å². The molecule has 192 valence electrons. The minimum atomic E-state index is -1.46. The zero-order chi connectivity index (χ0) is 25.1. The molecule has 0 radical (unpaired) electrons. The molecule has 0 aromatic carbocycles. The van der Waals surface area contributed by atoms with Gasteiger partial charge in [-0.05, 0) is 76.0 Å². The first-order chi connectivity index (χ1) is 15.3. The number of rotatable bonds is 10. The third-order valence-electron chi connectivity index (χ3n) is 8.62. The monoisotopic (exact) mass is 470 g/mol. The Morgan fingerprint density at radius 2 is 1.12 bits per heavy atom. The van der Waals surface area contributed by atoms with Crippen LogP contribution >= 0.6 is 0 Å². The van der Waals surface area contributed by atoms with Crippen molar-refractivity contribution in [2.75, 3.05) is 13.2 Å². The molecule has 0 spiro atoms. The van der Waals surface area contributed by atoms with Crippen LogP contribution in [0.3, 0.4) is 0 Å². The molecule has 0 aromatic heterocycles. The molecule has 8 unspecified atom stereocenters. The fourth-order valence-corrected chi connectivity index (χ4v) is 6.10. The van der Waals surface area contributed by atoms with Crippen LogP contribution in [0, 0.1) is 35.5 Å². The van der Waals surface area contributed by atoms with E-state index < -0.39 is 60.0 Å². The number of carbonyl (C=O) groups is 2. The van der Waals surface area contributed by atoms with Gasteiger partial charge in [-0.2, -0.15) is 0 Å². The number of hydrogen-bond donors (Lipinski definition) is 4. The summed E-state index contributed by atoms with van der Waals surface area (Å²) in [7, 11) is 0. The van der Waals surface area contributed by atoms with Gasteiger partial charge < -0.3 is 25.2 Å². The molecule has 0 amide bonds. The minimum Gasteiger partial charge on any atom is -0.393 e. The Bertz CT molecular complexity index is 622. The smallest absolute Gasteiger partial charge is 0.169 e. The molecule has 8 atom stereocenters. The molecule has 0 heterocycles. The van der Waals surface area contributed by atoms with Crippen molar-refractivity contribution in [3.8, 4) is 0 Å². The molecular formula is C26H46O7. The second-order valence-electron chi connectivity index (χ2n) is 11.6. The summed E-state index contributed by atoms with van der Waals surface area (Å²) in [5, 5.41) is 39.2. The maximum Gasteiger partial charge on any atom is 0.169 e. The first-order valence-electron chi connectivity index (χ1n) is 12.6. The Morgan fingerprint density at radius 3 is 1.39 bits per heavy atom. The van der Waals surface area contributed by atoms with Crippen LogP contribution < -0.4 is 0 Å². The van der Waals surface area contributed by atoms with Crippen molar-refractivity contribution in [1.29, 1.82) is 0 Å². The second-order valence-corrected chi connectivity index (χ2v) is 11.6. The molecule has 0 saturated heterocycles. The van der Waals surface area contributed by atoms with Crippen LogP contribution in [0.1, 0.15) is 80.1 Å². The van der Waals surface area contributed by atoms with Gasteiger partial charge in [-0.3, -0.25) is 9.59 Å². The van der Waals surface area contributed by atoms with Gasteiger partial charge in [0, 0.05) is 11.8 Å². The largest absolute Gasteiger partial charge is 0.393 e. The normalized spacial score (nSPS) is 37.2. The van der Waals surface area contributed by atoms with Gasteiger partial charge in [0.2, 0.25) is 0 Å². The van der Waals surface area contributed by atoms with E-state index in [1.54, 1.807) is 0 Å². The van der Waals surface area contributed by atoms with Crippen LogP contribution in [-0.2, 0) is 14.3 Å². The van der Waals surface area contributed by atoms with Gasteiger partial charge in [-0.1, -0.05) is 27.7 Å². The Morgan fingerprint density at radius 1 is 0.788 bits per heavy atom. The van der Waals surface area contributed by atoms with Gasteiger partial charge in [-0.15, -0.1) is 0 Å². The molecule has 2 aliphatic carbocycles. The number of aliphatic hydroxyl groups is 4. The SMILES string of the molecule is CC(C)C1CCC(C)(OC2(C)CCC(C(C)C)CC2C(=O)C(O)CO)C(C(=O)C(O)CO)C1. The maximum atomic E-state index is 13.1. The molecule has 2 rings (SSSR count). The van der Waals surface area contributed by atoms with Crippen molar-refractivity contribution in [3.63, 3.8) is 0 Å². The first-order valence-corrected chi connectivity index (χ1v) is 12.6. The van der Waals surface area contributed by atoms with Crippen molar-refractivity contribution < 1.29 is 34.8 Å². The predicted molar refractivity (Wildman–Crippen MR) is 125 cm³/mol. The summed E-state index contributed by atoms with van der Waals surface area (Å²) in [6.07, 6.45) is 1.17. The highest BCUT2D eigenvalue weighted by molar-refractivity contribution is 5.87. The fourth-order valence-electron chi connectivity index (χ4n) is 6.10. The average molecular weight is 471 g/mol. The molecule has 7 heteroatoms. The van der Waals surface area contributed by atoms with Gasteiger partial charge in [0.25, 0.3) is 0 Å². The Balaban J connectivity index is 2.40. The summed E-state index contributed by atoms with van der Waals surface area (Å²) < 4.78 is 6.79. The van der Waals surface area contributed by atoms with Crippen LogP contribution in [-0.4, -0.2) is 68.6 Å². The summed E-state index contributed by atoms with van der Waals surface area (Å²) in [5.74, 6) is -0.659. The first kappa shape index (κ1) is 28.4. The Kier molecular flexibility index (Phi) is 9.68. The third-order valence-corrected chi connectivity index (χ3v) is 8.62. The summed E-state index contributed by atoms with van der Waals surface area (Å²) in [5.41, 5.74) is -1.80. The van der Waals surface area contributed by atoms with Crippen LogP contribution in [0.25, 0.3) is 0 Å². The van der Waals surface area contributed by atoms with E-state index in [1.165, 1.54) is 0 Å². The van der Waals surface area contributed by atoms with E-state index in [-0.39, 0.29) is 0 Å². The average Bonchev–Trinajstić information content (AvgIpc) is 2.76. The van der Waals surface area contributed by atoms with Gasteiger partial charge in [0.05, 0.1) is 24.4 Å². The molecule has 0 aromatic rings. The molecule has 0 bridgehead atoms. The van der Waals surface area contributed by atoms with Crippen molar-refractivity contribution in [1.82, 2.24) is 0 Å². The van der Waals surface area contributed by atoms with Crippen LogP contribution in [0.2, 0.25) is 0 Å². The number of Topliss-reactive ketones (excluding diaryl/α,β-unsaturated/α-hetero) is 2. The number of carbonyl (C=O) groups excluding carboxylic acids is 2. The van der Waals surface area contributed by atoms with Crippen LogP contribution in [0.5, 0.6) is 0 Å². The van der Waals surface area contributed by atoms with Crippen molar-refractivity contribution in [3.05, 3.63) is 0 Å². The molecule has 4 N–H and O–H groups in total. The summed E-state index contributed by atoms with van der Waals surface area (Å²) >= 11 is 0. The number of ether oxygens (including phenoxy) is 1. The zero-order valence-electron chi connectivity index (χ0n) is 21.3. The number of aliphatic hydroxyl groups excluding tert-OH is 4. The molecule has 2 fully saturated rings. The van der Waals surface area contributed by atoms with Crippen molar-refractivity contribution in [2.45, 2.75) is 103 Å². The molecular weight excluding hydrogens is 424 g/mol. The molecule has 2 aliphatic rings. The lowest BCUT2D eigenvalue weighted by atomic mass is 9.64. The highest BCUT2D eigenvalue weighted by atomic mass is 16.5. The summed E-state index contributed by atoms with van der Waals surface area (Å²) in [6, 6.07) is 0. The van der Waals surface area contributed by atoms with Crippen LogP contribution in [0.15, 0.2) is 0 Å². The number of hydrogen-bond acceptors (Lipinski definition) is 7. The fraction of sp³-hybridized carbons (Fsp3) is 0.923. The zero-order valence-corrected chi connectivity index (χ0v) is 21.3. The number of ketones is 2. The molecule has 0 aliphatic heterocycles. The van der Waals surface area contributed by atoms with Gasteiger partial charge in [-0.25, -0.2) is 0 Å². The highest BCUT2D eigenvalue weighted by Crippen LogP contribution is 2.50. The topological polar surface area (TPSA) is 124 Å². The lowest BCUT2D eigenvalue weighted by molar-refractivity contribution is -0.221. The van der Waals surface area contributed by atoms with Crippen LogP contribution in [0.4, 0.5) is 0 Å². The minimum absolute atomic E-state index is 0.305. The van der Waals surface area contributed by atoms with Crippen molar-refractivity contribution >= 4 is 11.6 Å². The standard InChI is InChI=1S/C26H46O7/c1-15(2)17-7-9-25(5,19(11-17)23(31)21(29)13-27)33-26(6)10-8-18(16(3)4)12-20(26)24(32)22(30)14-28/h15-22,27-30H,7-14H2,1-6H3. The molecule has 7 nitrogen and oxygen atoms in total. The van der Waals surface area contributed by atoms with E-state index in [2.05, 4.69) is 27.7 Å². The summed E-state index contributed by atoms with van der Waals surface area (Å²) in [6.45, 7) is 11.0. The van der Waals surface area contributed by atoms with Crippen molar-refractivity contribution in [2.24, 2.45) is 35.5 Å². The third kappa shape index (κ3) is 6.23.